The van der Waals surface area contributed by atoms with Crippen LogP contribution in [0.2, 0.25) is 0 Å². The number of ether oxygens (including phenoxy) is 2. The molecule has 3 aromatic rings. The largest absolute Gasteiger partial charge is 0.497 e. The van der Waals surface area contributed by atoms with Crippen molar-refractivity contribution in [3.63, 3.8) is 0 Å². The number of nitrogens with zero attached hydrogens (tertiary/aromatic N) is 1. The number of amides is 1. The zero-order chi connectivity index (χ0) is 18.6. The number of hydrogen-bond acceptors (Lipinski definition) is 5. The minimum absolute atomic E-state index is 0.0407. The van der Waals surface area contributed by atoms with Crippen molar-refractivity contribution in [3.8, 4) is 22.8 Å². The van der Waals surface area contributed by atoms with Gasteiger partial charge in [0.25, 0.3) is 0 Å². The van der Waals surface area contributed by atoms with Gasteiger partial charge in [0, 0.05) is 23.8 Å². The van der Waals surface area contributed by atoms with Crippen LogP contribution in [-0.4, -0.2) is 24.6 Å². The molecule has 2 aromatic carbocycles. The molecule has 1 aromatic heterocycles. The topological polar surface area (TPSA) is 60.5 Å². The molecule has 0 fully saturated rings. The highest BCUT2D eigenvalue weighted by atomic mass is 32.1. The second-order valence-corrected chi connectivity index (χ2v) is 7.22. The van der Waals surface area contributed by atoms with E-state index in [4.69, 9.17) is 9.47 Å². The van der Waals surface area contributed by atoms with Gasteiger partial charge in [-0.3, -0.25) is 4.79 Å². The van der Waals surface area contributed by atoms with Gasteiger partial charge >= 0.3 is 0 Å². The van der Waals surface area contributed by atoms with Crippen LogP contribution in [0.25, 0.3) is 11.3 Å². The highest BCUT2D eigenvalue weighted by Crippen LogP contribution is 2.32. The molecule has 1 aliphatic heterocycles. The number of nitrogens with one attached hydrogen (secondary N) is 1. The van der Waals surface area contributed by atoms with Gasteiger partial charge in [-0.25, -0.2) is 4.98 Å². The molecule has 0 saturated carbocycles. The maximum absolute atomic E-state index is 12.2. The summed E-state index contributed by atoms with van der Waals surface area (Å²) in [7, 11) is 1.64. The molecule has 2 heterocycles. The Bertz CT molecular complexity index is 968. The lowest BCUT2D eigenvalue weighted by molar-refractivity contribution is -0.116. The van der Waals surface area contributed by atoms with E-state index in [-0.39, 0.29) is 5.91 Å². The van der Waals surface area contributed by atoms with Crippen molar-refractivity contribution in [2.45, 2.75) is 19.3 Å². The van der Waals surface area contributed by atoms with Gasteiger partial charge in [0.2, 0.25) is 5.91 Å². The van der Waals surface area contributed by atoms with Gasteiger partial charge < -0.3 is 14.8 Å². The number of hydrogen-bond donors (Lipinski definition) is 1. The Labute approximate surface area is 162 Å². The number of thiazole rings is 1. The monoisotopic (exact) mass is 380 g/mol. The Morgan fingerprint density at radius 1 is 1.30 bits per heavy atom. The van der Waals surface area contributed by atoms with Gasteiger partial charge in [0.1, 0.15) is 11.5 Å². The molecular weight excluding hydrogens is 360 g/mol. The van der Waals surface area contributed by atoms with Gasteiger partial charge in [-0.1, -0.05) is 12.1 Å². The first-order valence-corrected chi connectivity index (χ1v) is 9.73. The maximum Gasteiger partial charge on any atom is 0.226 e. The van der Waals surface area contributed by atoms with Crippen LogP contribution in [0.3, 0.4) is 0 Å². The first-order valence-electron chi connectivity index (χ1n) is 8.86. The number of carbonyl (C=O) groups is 1. The van der Waals surface area contributed by atoms with E-state index in [1.54, 1.807) is 7.11 Å². The fourth-order valence-electron chi connectivity index (χ4n) is 3.08. The fourth-order valence-corrected chi connectivity index (χ4v) is 3.81. The Balaban J connectivity index is 1.36. The van der Waals surface area contributed by atoms with E-state index in [9.17, 15) is 4.79 Å². The van der Waals surface area contributed by atoms with Crippen molar-refractivity contribution < 1.29 is 14.3 Å². The van der Waals surface area contributed by atoms with Crippen LogP contribution in [-0.2, 0) is 17.6 Å². The number of benzene rings is 2. The number of aryl methyl sites for hydroxylation is 1. The van der Waals surface area contributed by atoms with E-state index in [0.29, 0.717) is 18.0 Å². The van der Waals surface area contributed by atoms with Gasteiger partial charge in [0.05, 0.1) is 19.4 Å². The lowest BCUT2D eigenvalue weighted by Gasteiger charge is -2.05. The summed E-state index contributed by atoms with van der Waals surface area (Å²) in [5.74, 6) is 1.72. The van der Waals surface area contributed by atoms with Crippen molar-refractivity contribution in [1.29, 1.82) is 0 Å². The Hall–Kier alpha value is -2.86. The summed E-state index contributed by atoms with van der Waals surface area (Å²) < 4.78 is 10.8. The zero-order valence-corrected chi connectivity index (χ0v) is 15.8. The molecule has 0 unspecified atom stereocenters. The lowest BCUT2D eigenvalue weighted by atomic mass is 10.1. The first-order chi connectivity index (χ1) is 13.2. The van der Waals surface area contributed by atoms with Gasteiger partial charge in [-0.2, -0.15) is 0 Å². The maximum atomic E-state index is 12.2. The van der Waals surface area contributed by atoms with E-state index < -0.39 is 0 Å². The third-order valence-electron chi connectivity index (χ3n) is 4.51. The standard InChI is InChI=1S/C21H20N2O3S/c1-25-17-4-2-3-14(11-17)5-8-20(24)23-21-22-18(13-27-21)15-6-7-19-16(12-15)9-10-26-19/h2-4,6-7,11-13H,5,8-10H2,1H3,(H,22,23,24). The highest BCUT2D eigenvalue weighted by Gasteiger charge is 2.14. The molecule has 1 amide bonds. The predicted octanol–water partition coefficient (Wildman–Crippen LogP) is 4.32. The zero-order valence-electron chi connectivity index (χ0n) is 15.0. The molecule has 1 aliphatic rings. The Morgan fingerprint density at radius 3 is 3.11 bits per heavy atom. The van der Waals surface area contributed by atoms with E-state index in [2.05, 4.69) is 16.4 Å². The second kappa shape index (κ2) is 7.80. The third kappa shape index (κ3) is 4.11. The molecule has 1 N–H and O–H groups in total. The fraction of sp³-hybridized carbons (Fsp3) is 0.238. The molecular formula is C21H20N2O3S. The normalized spacial score (nSPS) is 12.3. The summed E-state index contributed by atoms with van der Waals surface area (Å²) in [4.78, 5) is 16.8. The smallest absolute Gasteiger partial charge is 0.226 e. The van der Waals surface area contributed by atoms with Crippen LogP contribution in [0.4, 0.5) is 5.13 Å². The van der Waals surface area contributed by atoms with Crippen molar-refractivity contribution >= 4 is 22.4 Å². The van der Waals surface area contributed by atoms with E-state index in [1.165, 1.54) is 16.9 Å². The molecule has 0 aliphatic carbocycles. The van der Waals surface area contributed by atoms with Gasteiger partial charge in [-0.05, 0) is 47.9 Å². The van der Waals surface area contributed by atoms with Crippen LogP contribution >= 0.6 is 11.3 Å². The second-order valence-electron chi connectivity index (χ2n) is 6.36. The van der Waals surface area contributed by atoms with Crippen LogP contribution in [0.5, 0.6) is 11.5 Å². The molecule has 0 saturated heterocycles. The van der Waals surface area contributed by atoms with Crippen LogP contribution in [0.15, 0.2) is 47.8 Å². The van der Waals surface area contributed by atoms with Crippen molar-refractivity contribution in [3.05, 3.63) is 59.0 Å². The van der Waals surface area contributed by atoms with Gasteiger partial charge in [-0.15, -0.1) is 11.3 Å². The number of aromatic nitrogens is 1. The molecule has 0 spiro atoms. The number of anilines is 1. The minimum atomic E-state index is -0.0407. The first kappa shape index (κ1) is 17.5. The summed E-state index contributed by atoms with van der Waals surface area (Å²) in [6.07, 6.45) is 1.99. The number of methoxy groups -OCH3 is 1. The lowest BCUT2D eigenvalue weighted by Crippen LogP contribution is -2.12. The molecule has 0 radical (unpaired) electrons. The minimum Gasteiger partial charge on any atom is -0.497 e. The number of fused-ring (bicyclic) bond motifs is 1. The number of rotatable bonds is 6. The summed E-state index contributed by atoms with van der Waals surface area (Å²) in [6.45, 7) is 0.741. The summed E-state index contributed by atoms with van der Waals surface area (Å²) in [5, 5.41) is 5.49. The molecule has 6 heteroatoms. The summed E-state index contributed by atoms with van der Waals surface area (Å²) in [6, 6.07) is 13.9. The molecule has 4 rings (SSSR count). The molecule has 27 heavy (non-hydrogen) atoms. The quantitative estimate of drug-likeness (QED) is 0.692. The molecule has 0 bridgehead atoms. The van der Waals surface area contributed by atoms with E-state index in [0.717, 1.165) is 41.3 Å². The third-order valence-corrected chi connectivity index (χ3v) is 5.27. The summed E-state index contributed by atoms with van der Waals surface area (Å²) >= 11 is 1.44. The molecule has 5 nitrogen and oxygen atoms in total. The summed E-state index contributed by atoms with van der Waals surface area (Å²) in [5.41, 5.74) is 4.21. The van der Waals surface area contributed by atoms with E-state index in [1.807, 2.05) is 41.8 Å². The van der Waals surface area contributed by atoms with Crippen molar-refractivity contribution in [1.82, 2.24) is 4.98 Å². The van der Waals surface area contributed by atoms with Crippen LogP contribution in [0.1, 0.15) is 17.5 Å². The molecule has 0 atom stereocenters. The van der Waals surface area contributed by atoms with Crippen molar-refractivity contribution in [2.75, 3.05) is 19.0 Å². The van der Waals surface area contributed by atoms with Crippen LogP contribution in [0, 0.1) is 0 Å². The average molecular weight is 380 g/mol. The predicted molar refractivity (Wildman–Crippen MR) is 107 cm³/mol. The van der Waals surface area contributed by atoms with Gasteiger partial charge in [0.15, 0.2) is 5.13 Å². The highest BCUT2D eigenvalue weighted by molar-refractivity contribution is 7.14. The van der Waals surface area contributed by atoms with E-state index >= 15 is 0 Å². The average Bonchev–Trinajstić information content (AvgIpc) is 3.35. The SMILES string of the molecule is COc1cccc(CCC(=O)Nc2nc(-c3ccc4c(c3)CCO4)cs2)c1. The Morgan fingerprint density at radius 2 is 2.22 bits per heavy atom. The Kier molecular flexibility index (Phi) is 5.07. The van der Waals surface area contributed by atoms with Crippen LogP contribution < -0.4 is 14.8 Å². The number of carbonyl (C=O) groups excluding carboxylic acids is 1. The van der Waals surface area contributed by atoms with Crippen molar-refractivity contribution in [2.24, 2.45) is 0 Å². The molecule has 138 valence electrons.